The standard InChI is InChI=1S/C11H21N3S/c1-10(2)6-15-7-11(3,4)9(8(10)12)14-13-5/h12-13H,6-7H2,1-5H3. The van der Waals surface area contributed by atoms with Crippen LogP contribution < -0.4 is 5.43 Å². The van der Waals surface area contributed by atoms with Crippen LogP contribution in [-0.4, -0.2) is 30.0 Å². The fourth-order valence-electron chi connectivity index (χ4n) is 1.68. The van der Waals surface area contributed by atoms with Crippen LogP contribution in [0.3, 0.4) is 0 Å². The van der Waals surface area contributed by atoms with E-state index >= 15 is 0 Å². The van der Waals surface area contributed by atoms with E-state index in [9.17, 15) is 0 Å². The van der Waals surface area contributed by atoms with Gasteiger partial charge in [0.2, 0.25) is 0 Å². The average molecular weight is 227 g/mol. The predicted molar refractivity (Wildman–Crippen MR) is 69.1 cm³/mol. The molecule has 1 rings (SSSR count). The lowest BCUT2D eigenvalue weighted by molar-refractivity contribution is 0.588. The van der Waals surface area contributed by atoms with E-state index in [0.717, 1.165) is 17.2 Å². The maximum atomic E-state index is 8.26. The Hall–Kier alpha value is -0.510. The quantitative estimate of drug-likeness (QED) is 0.676. The minimum Gasteiger partial charge on any atom is -0.313 e. The van der Waals surface area contributed by atoms with E-state index < -0.39 is 0 Å². The van der Waals surface area contributed by atoms with E-state index in [4.69, 9.17) is 5.41 Å². The van der Waals surface area contributed by atoms with Crippen molar-refractivity contribution in [2.45, 2.75) is 27.7 Å². The molecule has 1 heterocycles. The lowest BCUT2D eigenvalue weighted by Crippen LogP contribution is -2.39. The summed E-state index contributed by atoms with van der Waals surface area (Å²) in [6, 6.07) is 0. The lowest BCUT2D eigenvalue weighted by Gasteiger charge is -2.27. The van der Waals surface area contributed by atoms with E-state index in [-0.39, 0.29) is 10.8 Å². The van der Waals surface area contributed by atoms with Gasteiger partial charge in [-0.05, 0) is 0 Å². The Bertz CT molecular complexity index is 292. The molecule has 1 saturated heterocycles. The van der Waals surface area contributed by atoms with Crippen molar-refractivity contribution in [2.24, 2.45) is 15.9 Å². The van der Waals surface area contributed by atoms with E-state index in [1.807, 2.05) is 11.8 Å². The molecule has 0 radical (unpaired) electrons. The molecule has 1 fully saturated rings. The van der Waals surface area contributed by atoms with E-state index in [1.54, 1.807) is 7.05 Å². The van der Waals surface area contributed by atoms with Crippen molar-refractivity contribution in [3.63, 3.8) is 0 Å². The highest BCUT2D eigenvalue weighted by molar-refractivity contribution is 7.99. The molecular formula is C11H21N3S. The number of hydrogen-bond donors (Lipinski definition) is 2. The first-order valence-corrected chi connectivity index (χ1v) is 6.39. The molecular weight excluding hydrogens is 206 g/mol. The summed E-state index contributed by atoms with van der Waals surface area (Å²) in [5, 5.41) is 12.6. The molecule has 1 aliphatic heterocycles. The molecule has 0 saturated carbocycles. The van der Waals surface area contributed by atoms with Gasteiger partial charge in [0.25, 0.3) is 0 Å². The van der Waals surface area contributed by atoms with Gasteiger partial charge in [-0.2, -0.15) is 16.9 Å². The lowest BCUT2D eigenvalue weighted by atomic mass is 9.77. The fourth-order valence-corrected chi connectivity index (χ4v) is 3.08. The maximum absolute atomic E-state index is 8.26. The van der Waals surface area contributed by atoms with Crippen molar-refractivity contribution >= 4 is 23.2 Å². The SMILES string of the molecule is CNN=C1C(=N)C(C)(C)CSCC1(C)C. The first kappa shape index (κ1) is 12.6. The Morgan fingerprint density at radius 1 is 1.20 bits per heavy atom. The molecule has 2 N–H and O–H groups in total. The van der Waals surface area contributed by atoms with Gasteiger partial charge >= 0.3 is 0 Å². The Balaban J connectivity index is 3.13. The van der Waals surface area contributed by atoms with Crippen molar-refractivity contribution in [1.82, 2.24) is 5.43 Å². The molecule has 0 aromatic carbocycles. The van der Waals surface area contributed by atoms with Gasteiger partial charge in [-0.3, -0.25) is 0 Å². The molecule has 3 nitrogen and oxygen atoms in total. The highest BCUT2D eigenvalue weighted by atomic mass is 32.2. The van der Waals surface area contributed by atoms with Crippen LogP contribution >= 0.6 is 11.8 Å². The van der Waals surface area contributed by atoms with Crippen LogP contribution in [0.5, 0.6) is 0 Å². The third-order valence-electron chi connectivity index (χ3n) is 2.70. The molecule has 0 spiro atoms. The van der Waals surface area contributed by atoms with E-state index in [1.165, 1.54) is 0 Å². The summed E-state index contributed by atoms with van der Waals surface area (Å²) >= 11 is 1.91. The highest BCUT2D eigenvalue weighted by Crippen LogP contribution is 2.36. The molecule has 1 aliphatic rings. The first-order valence-electron chi connectivity index (χ1n) is 5.23. The number of nitrogens with one attached hydrogen (secondary N) is 2. The zero-order valence-corrected chi connectivity index (χ0v) is 11.1. The number of thioether (sulfide) groups is 1. The number of nitrogens with zero attached hydrogens (tertiary/aromatic N) is 1. The molecule has 0 aliphatic carbocycles. The third kappa shape index (κ3) is 2.54. The molecule has 0 aromatic rings. The topological polar surface area (TPSA) is 48.2 Å². The van der Waals surface area contributed by atoms with Crippen molar-refractivity contribution in [3.05, 3.63) is 0 Å². The molecule has 0 atom stereocenters. The van der Waals surface area contributed by atoms with Gasteiger partial charge < -0.3 is 10.8 Å². The minimum absolute atomic E-state index is 0.0153. The minimum atomic E-state index is -0.0753. The van der Waals surface area contributed by atoms with Crippen molar-refractivity contribution < 1.29 is 0 Å². The smallest absolute Gasteiger partial charge is 0.0880 e. The van der Waals surface area contributed by atoms with Gasteiger partial charge in [-0.25, -0.2) is 0 Å². The summed E-state index contributed by atoms with van der Waals surface area (Å²) in [4.78, 5) is 0. The highest BCUT2D eigenvalue weighted by Gasteiger charge is 2.39. The van der Waals surface area contributed by atoms with Gasteiger partial charge in [0.05, 0.1) is 11.4 Å². The molecule has 0 unspecified atom stereocenters. The van der Waals surface area contributed by atoms with Gasteiger partial charge in [0, 0.05) is 29.4 Å². The van der Waals surface area contributed by atoms with Crippen LogP contribution in [0.1, 0.15) is 27.7 Å². The fraction of sp³-hybridized carbons (Fsp3) is 0.818. The van der Waals surface area contributed by atoms with Crippen LogP contribution in [-0.2, 0) is 0 Å². The van der Waals surface area contributed by atoms with E-state index in [2.05, 4.69) is 38.2 Å². The van der Waals surface area contributed by atoms with Gasteiger partial charge in [-0.15, -0.1) is 0 Å². The predicted octanol–water partition coefficient (Wildman–Crippen LogP) is 2.38. The zero-order chi connectivity index (χ0) is 11.7. The summed E-state index contributed by atoms with van der Waals surface area (Å²) < 4.78 is 0. The van der Waals surface area contributed by atoms with Crippen molar-refractivity contribution in [3.8, 4) is 0 Å². The van der Waals surface area contributed by atoms with Crippen LogP contribution in [0.25, 0.3) is 0 Å². The summed E-state index contributed by atoms with van der Waals surface area (Å²) in [5.41, 5.74) is 4.31. The summed E-state index contributed by atoms with van der Waals surface area (Å²) in [7, 11) is 1.79. The second-order valence-electron chi connectivity index (χ2n) is 5.32. The van der Waals surface area contributed by atoms with E-state index in [0.29, 0.717) is 5.71 Å². The van der Waals surface area contributed by atoms with Gasteiger partial charge in [-0.1, -0.05) is 27.7 Å². The molecule has 0 bridgehead atoms. The molecule has 86 valence electrons. The summed E-state index contributed by atoms with van der Waals surface area (Å²) in [6.45, 7) is 8.56. The Morgan fingerprint density at radius 3 is 2.27 bits per heavy atom. The molecule has 0 aromatic heterocycles. The number of hydrazone groups is 1. The monoisotopic (exact) mass is 227 g/mol. The second kappa shape index (κ2) is 4.16. The Morgan fingerprint density at radius 2 is 1.73 bits per heavy atom. The average Bonchev–Trinajstić information content (AvgIpc) is 2.17. The largest absolute Gasteiger partial charge is 0.313 e. The van der Waals surface area contributed by atoms with Crippen LogP contribution in [0.4, 0.5) is 0 Å². The molecule has 0 amide bonds. The number of hydrogen-bond acceptors (Lipinski definition) is 4. The second-order valence-corrected chi connectivity index (χ2v) is 6.31. The maximum Gasteiger partial charge on any atom is 0.0880 e. The van der Waals surface area contributed by atoms with Crippen LogP contribution in [0.15, 0.2) is 5.10 Å². The van der Waals surface area contributed by atoms with Gasteiger partial charge in [0.1, 0.15) is 0 Å². The van der Waals surface area contributed by atoms with Crippen molar-refractivity contribution in [2.75, 3.05) is 18.6 Å². The molecule has 15 heavy (non-hydrogen) atoms. The van der Waals surface area contributed by atoms with Crippen LogP contribution in [0.2, 0.25) is 0 Å². The van der Waals surface area contributed by atoms with Crippen molar-refractivity contribution in [1.29, 1.82) is 5.41 Å². The zero-order valence-electron chi connectivity index (χ0n) is 10.3. The normalized spacial score (nSPS) is 27.5. The Labute approximate surface area is 96.6 Å². The third-order valence-corrected chi connectivity index (χ3v) is 4.56. The summed E-state index contributed by atoms with van der Waals surface area (Å²) in [5.74, 6) is 2.03. The first-order chi connectivity index (χ1) is 6.81. The number of rotatable bonds is 1. The van der Waals surface area contributed by atoms with Crippen LogP contribution in [0, 0.1) is 16.2 Å². The summed E-state index contributed by atoms with van der Waals surface area (Å²) in [6.07, 6.45) is 0. The Kier molecular flexibility index (Phi) is 3.48. The van der Waals surface area contributed by atoms with Gasteiger partial charge in [0.15, 0.2) is 0 Å². The molecule has 4 heteroatoms.